The average molecular weight is 255 g/mol. The van der Waals surface area contributed by atoms with Crippen molar-refractivity contribution in [1.82, 2.24) is 15.4 Å². The van der Waals surface area contributed by atoms with E-state index in [1.54, 1.807) is 27.7 Å². The van der Waals surface area contributed by atoms with E-state index in [9.17, 15) is 4.79 Å². The number of aromatic amines is 1. The van der Waals surface area contributed by atoms with Crippen molar-refractivity contribution in [3.8, 4) is 0 Å². The lowest BCUT2D eigenvalue weighted by atomic mass is 9.77. The number of Topliss-reactive ketones (excluding diaryl/α,β-unsaturated/α-hetero) is 1. The number of hydrogen-bond donors (Lipinski definition) is 1. The number of hydrogen-bond acceptors (Lipinski definition) is 3. The third-order valence-corrected chi connectivity index (χ3v) is 3.01. The first-order valence-electron chi connectivity index (χ1n) is 6.41. The predicted octanol–water partition coefficient (Wildman–Crippen LogP) is 2.95. The maximum atomic E-state index is 15.1. The molecule has 1 N–H and O–H groups in total. The molecule has 1 unspecified atom stereocenters. The smallest absolute Gasteiger partial charge is 0.214 e. The lowest BCUT2D eigenvalue weighted by Crippen LogP contribution is -2.40. The fourth-order valence-corrected chi connectivity index (χ4v) is 2.01. The molecule has 1 aromatic rings. The largest absolute Gasteiger partial charge is 0.295 e. The van der Waals surface area contributed by atoms with Crippen LogP contribution in [0.2, 0.25) is 0 Å². The number of alkyl halides is 1. The van der Waals surface area contributed by atoms with Gasteiger partial charge in [-0.25, -0.2) is 4.39 Å². The molecule has 1 heterocycles. The molecule has 1 atom stereocenters. The first-order chi connectivity index (χ1) is 8.27. The molecule has 0 spiro atoms. The van der Waals surface area contributed by atoms with Crippen LogP contribution in [-0.4, -0.2) is 21.2 Å². The van der Waals surface area contributed by atoms with Crippen molar-refractivity contribution in [2.24, 2.45) is 5.41 Å². The fraction of sp³-hybridized carbons (Fsp3) is 0.769. The monoisotopic (exact) mass is 255 g/mol. The van der Waals surface area contributed by atoms with Crippen LogP contribution in [0.15, 0.2) is 0 Å². The van der Waals surface area contributed by atoms with Gasteiger partial charge in [0, 0.05) is 5.41 Å². The molecule has 0 aliphatic carbocycles. The van der Waals surface area contributed by atoms with Gasteiger partial charge in [0.25, 0.3) is 0 Å². The summed E-state index contributed by atoms with van der Waals surface area (Å²) in [4.78, 5) is 12.3. The molecule has 0 saturated carbocycles. The Labute approximate surface area is 107 Å². The van der Waals surface area contributed by atoms with E-state index in [0.717, 1.165) is 6.42 Å². The van der Waals surface area contributed by atoms with Crippen LogP contribution in [0.3, 0.4) is 0 Å². The van der Waals surface area contributed by atoms with Crippen molar-refractivity contribution < 1.29 is 9.18 Å². The zero-order valence-electron chi connectivity index (χ0n) is 11.8. The van der Waals surface area contributed by atoms with Crippen LogP contribution in [0.1, 0.15) is 58.8 Å². The second-order valence-electron chi connectivity index (χ2n) is 5.60. The molecular formula is C13H22FN3O. The number of aromatic nitrogens is 3. The number of ketones is 1. The van der Waals surface area contributed by atoms with Gasteiger partial charge < -0.3 is 0 Å². The highest BCUT2D eigenvalue weighted by Gasteiger charge is 2.47. The Kier molecular flexibility index (Phi) is 4.24. The van der Waals surface area contributed by atoms with Crippen molar-refractivity contribution in [3.05, 3.63) is 11.4 Å². The van der Waals surface area contributed by atoms with Crippen molar-refractivity contribution >= 4 is 5.78 Å². The van der Waals surface area contributed by atoms with Gasteiger partial charge in [-0.1, -0.05) is 41.0 Å². The van der Waals surface area contributed by atoms with E-state index in [1.165, 1.54) is 0 Å². The predicted molar refractivity (Wildman–Crippen MR) is 67.9 cm³/mol. The van der Waals surface area contributed by atoms with E-state index < -0.39 is 16.9 Å². The van der Waals surface area contributed by atoms with E-state index in [-0.39, 0.29) is 12.1 Å². The molecule has 1 rings (SSSR count). The summed E-state index contributed by atoms with van der Waals surface area (Å²) < 4.78 is 15.1. The summed E-state index contributed by atoms with van der Waals surface area (Å²) in [5, 5.41) is 10.3. The molecule has 0 fully saturated rings. The highest BCUT2D eigenvalue weighted by atomic mass is 19.1. The van der Waals surface area contributed by atoms with Crippen molar-refractivity contribution in [3.63, 3.8) is 0 Å². The van der Waals surface area contributed by atoms with Gasteiger partial charge in [0.2, 0.25) is 5.67 Å². The number of carbonyl (C=O) groups is 1. The van der Waals surface area contributed by atoms with Crippen LogP contribution in [0.5, 0.6) is 0 Å². The Balaban J connectivity index is 3.22. The summed E-state index contributed by atoms with van der Waals surface area (Å²) >= 11 is 0. The van der Waals surface area contributed by atoms with Gasteiger partial charge in [0.05, 0.1) is 5.69 Å². The van der Waals surface area contributed by atoms with E-state index in [2.05, 4.69) is 15.4 Å². The van der Waals surface area contributed by atoms with Crippen LogP contribution in [0.25, 0.3) is 0 Å². The van der Waals surface area contributed by atoms with Gasteiger partial charge in [-0.15, -0.1) is 0 Å². The summed E-state index contributed by atoms with van der Waals surface area (Å²) in [6, 6.07) is 0. The first-order valence-corrected chi connectivity index (χ1v) is 6.41. The van der Waals surface area contributed by atoms with Crippen molar-refractivity contribution in [2.45, 2.75) is 59.5 Å². The lowest BCUT2D eigenvalue weighted by Gasteiger charge is -2.28. The Morgan fingerprint density at radius 1 is 1.28 bits per heavy atom. The van der Waals surface area contributed by atoms with Crippen LogP contribution in [0.4, 0.5) is 4.39 Å². The van der Waals surface area contributed by atoms with E-state index in [4.69, 9.17) is 0 Å². The molecule has 0 aromatic carbocycles. The number of rotatable bonds is 5. The second-order valence-corrected chi connectivity index (χ2v) is 5.60. The van der Waals surface area contributed by atoms with Gasteiger partial charge in [-0.3, -0.25) is 4.79 Å². The standard InChI is InChI=1S/C13H22FN3O/c1-6-8-9-10(16-17-15-9)13(14,7-2)11(18)12(3,4)5/h6-8H2,1-5H3,(H,15,16,17). The molecule has 0 aliphatic rings. The molecule has 0 radical (unpaired) electrons. The molecule has 4 nitrogen and oxygen atoms in total. The van der Waals surface area contributed by atoms with E-state index in [1.807, 2.05) is 6.92 Å². The molecule has 0 saturated heterocycles. The minimum Gasteiger partial charge on any atom is -0.295 e. The lowest BCUT2D eigenvalue weighted by molar-refractivity contribution is -0.140. The third kappa shape index (κ3) is 2.60. The van der Waals surface area contributed by atoms with Crippen molar-refractivity contribution in [2.75, 3.05) is 0 Å². The number of H-pyrrole nitrogens is 1. The minimum absolute atomic E-state index is 0.0757. The highest BCUT2D eigenvalue weighted by molar-refractivity contribution is 5.92. The van der Waals surface area contributed by atoms with E-state index >= 15 is 4.39 Å². The molecule has 0 amide bonds. The summed E-state index contributed by atoms with van der Waals surface area (Å²) in [5.74, 6) is -0.441. The highest BCUT2D eigenvalue weighted by Crippen LogP contribution is 2.37. The molecular weight excluding hydrogens is 233 g/mol. The average Bonchev–Trinajstić information content (AvgIpc) is 2.75. The summed E-state index contributed by atoms with van der Waals surface area (Å²) in [6.07, 6.45) is 1.53. The maximum Gasteiger partial charge on any atom is 0.214 e. The number of nitrogens with zero attached hydrogens (tertiary/aromatic N) is 2. The topological polar surface area (TPSA) is 58.6 Å². The number of halogens is 1. The summed E-state index contributed by atoms with van der Waals surface area (Å²) in [6.45, 7) is 8.81. The van der Waals surface area contributed by atoms with Gasteiger partial charge in [0.15, 0.2) is 5.78 Å². The Bertz CT molecular complexity index is 422. The Morgan fingerprint density at radius 3 is 2.33 bits per heavy atom. The SMILES string of the molecule is CCCc1n[nH]nc1C(F)(CC)C(=O)C(C)(C)C. The zero-order valence-corrected chi connectivity index (χ0v) is 11.8. The molecule has 1 aromatic heterocycles. The van der Waals surface area contributed by atoms with Crippen LogP contribution in [-0.2, 0) is 16.9 Å². The summed E-state index contributed by atoms with van der Waals surface area (Å²) in [7, 11) is 0. The van der Waals surface area contributed by atoms with Crippen LogP contribution in [0, 0.1) is 5.41 Å². The molecule has 102 valence electrons. The quantitative estimate of drug-likeness (QED) is 0.880. The van der Waals surface area contributed by atoms with Crippen LogP contribution >= 0.6 is 0 Å². The molecule has 18 heavy (non-hydrogen) atoms. The second kappa shape index (κ2) is 5.16. The number of carbonyl (C=O) groups excluding carboxylic acids is 1. The molecule has 0 aliphatic heterocycles. The summed E-state index contributed by atoms with van der Waals surface area (Å²) in [5.41, 5.74) is -2.07. The van der Waals surface area contributed by atoms with Gasteiger partial charge >= 0.3 is 0 Å². The molecule has 5 heteroatoms. The Morgan fingerprint density at radius 2 is 1.89 bits per heavy atom. The van der Waals surface area contributed by atoms with Crippen LogP contribution < -0.4 is 0 Å². The normalized spacial score (nSPS) is 15.4. The van der Waals surface area contributed by atoms with Gasteiger partial charge in [-0.2, -0.15) is 15.4 Å². The number of nitrogens with one attached hydrogen (secondary N) is 1. The number of aryl methyl sites for hydroxylation is 1. The van der Waals surface area contributed by atoms with Gasteiger partial charge in [0.1, 0.15) is 5.69 Å². The third-order valence-electron chi connectivity index (χ3n) is 3.01. The van der Waals surface area contributed by atoms with Crippen molar-refractivity contribution in [1.29, 1.82) is 0 Å². The first kappa shape index (κ1) is 14.8. The minimum atomic E-state index is -2.05. The van der Waals surface area contributed by atoms with E-state index in [0.29, 0.717) is 12.1 Å². The molecule has 0 bridgehead atoms. The fourth-order valence-electron chi connectivity index (χ4n) is 2.01. The maximum absolute atomic E-state index is 15.1. The van der Waals surface area contributed by atoms with Gasteiger partial charge in [-0.05, 0) is 12.8 Å². The zero-order chi connectivity index (χ0) is 14.0. The Hall–Kier alpha value is -1.26.